The number of ether oxygens (including phenoxy) is 1. The number of amides is 1. The van der Waals surface area contributed by atoms with Crippen LogP contribution in [-0.2, 0) is 17.8 Å². The van der Waals surface area contributed by atoms with Crippen molar-refractivity contribution in [2.75, 3.05) is 12.4 Å². The maximum Gasteiger partial charge on any atom is 0.339 e. The number of carbonyl (C=O) groups excluding carboxylic acids is 1. The predicted octanol–water partition coefficient (Wildman–Crippen LogP) is 4.46. The van der Waals surface area contributed by atoms with Crippen LogP contribution in [0.2, 0.25) is 0 Å². The van der Waals surface area contributed by atoms with E-state index in [1.807, 2.05) is 32.0 Å². The number of aryl methyl sites for hydroxylation is 1. The molecule has 1 aromatic carbocycles. The van der Waals surface area contributed by atoms with Crippen molar-refractivity contribution in [1.29, 1.82) is 0 Å². The Morgan fingerprint density at radius 1 is 1.27 bits per heavy atom. The van der Waals surface area contributed by atoms with Crippen molar-refractivity contribution in [2.45, 2.75) is 26.9 Å². The number of benzene rings is 1. The molecule has 0 fully saturated rings. The number of carboxylic acid groups (broad SMARTS) is 1. The van der Waals surface area contributed by atoms with Gasteiger partial charge in [0.2, 0.25) is 0 Å². The molecule has 0 aliphatic heterocycles. The Balaban J connectivity index is 2.03. The minimum absolute atomic E-state index is 0.133. The fraction of sp³-hybridized carbons (Fsp3) is 0.263. The topological polar surface area (TPSA) is 88.8 Å². The first kappa shape index (κ1) is 18.2. The van der Waals surface area contributed by atoms with Crippen molar-refractivity contribution in [2.24, 2.45) is 0 Å². The fourth-order valence-electron chi connectivity index (χ4n) is 3.05. The van der Waals surface area contributed by atoms with Gasteiger partial charge in [0.25, 0.3) is 5.91 Å². The number of carboxylic acids is 1. The highest BCUT2D eigenvalue weighted by atomic mass is 32.1. The average molecular weight is 373 g/mol. The molecule has 0 radical (unpaired) electrons. The third-order valence-electron chi connectivity index (χ3n) is 4.20. The predicted molar refractivity (Wildman–Crippen MR) is 100 cm³/mol. The van der Waals surface area contributed by atoms with Gasteiger partial charge in [0.1, 0.15) is 10.6 Å². The second-order valence-electron chi connectivity index (χ2n) is 5.79. The summed E-state index contributed by atoms with van der Waals surface area (Å²) in [5.74, 6) is -1.41. The smallest absolute Gasteiger partial charge is 0.339 e. The molecule has 2 N–H and O–H groups in total. The number of para-hydroxylation sites is 1. The van der Waals surface area contributed by atoms with E-state index in [9.17, 15) is 14.7 Å². The molecule has 0 spiro atoms. The van der Waals surface area contributed by atoms with Crippen molar-refractivity contribution < 1.29 is 23.8 Å². The van der Waals surface area contributed by atoms with E-state index >= 15 is 0 Å². The van der Waals surface area contributed by atoms with E-state index in [0.29, 0.717) is 22.6 Å². The summed E-state index contributed by atoms with van der Waals surface area (Å²) in [5.41, 5.74) is 2.11. The summed E-state index contributed by atoms with van der Waals surface area (Å²) < 4.78 is 10.9. The molecule has 1 amide bonds. The van der Waals surface area contributed by atoms with Gasteiger partial charge in [-0.05, 0) is 25.0 Å². The molecule has 26 heavy (non-hydrogen) atoms. The lowest BCUT2D eigenvalue weighted by Gasteiger charge is -2.05. The summed E-state index contributed by atoms with van der Waals surface area (Å²) in [6.45, 7) is 3.96. The van der Waals surface area contributed by atoms with Gasteiger partial charge in [-0.25, -0.2) is 4.79 Å². The summed E-state index contributed by atoms with van der Waals surface area (Å²) in [5, 5.41) is 13.4. The summed E-state index contributed by atoms with van der Waals surface area (Å²) in [6, 6.07) is 7.32. The number of hydrogen-bond acceptors (Lipinski definition) is 5. The van der Waals surface area contributed by atoms with E-state index in [0.717, 1.165) is 15.8 Å². The molecule has 136 valence electrons. The minimum atomic E-state index is -1.05. The Bertz CT molecular complexity index is 985. The molecule has 6 nitrogen and oxygen atoms in total. The lowest BCUT2D eigenvalue weighted by molar-refractivity contribution is 0.0697. The minimum Gasteiger partial charge on any atom is -0.478 e. The number of fused-ring (bicyclic) bond motifs is 1. The molecule has 0 aliphatic carbocycles. The maximum atomic E-state index is 12.8. The Kier molecular flexibility index (Phi) is 5.11. The lowest BCUT2D eigenvalue weighted by Crippen LogP contribution is -2.15. The van der Waals surface area contributed by atoms with Crippen LogP contribution in [0.3, 0.4) is 0 Å². The molecule has 0 saturated heterocycles. The van der Waals surface area contributed by atoms with Gasteiger partial charge in [0, 0.05) is 22.9 Å². The van der Waals surface area contributed by atoms with Crippen LogP contribution in [0.4, 0.5) is 5.00 Å². The van der Waals surface area contributed by atoms with Gasteiger partial charge in [0.05, 0.1) is 12.2 Å². The van der Waals surface area contributed by atoms with Crippen molar-refractivity contribution in [1.82, 2.24) is 0 Å². The van der Waals surface area contributed by atoms with E-state index in [1.165, 1.54) is 11.3 Å². The number of hydrogen-bond donors (Lipinski definition) is 2. The van der Waals surface area contributed by atoms with Crippen LogP contribution in [0, 0.1) is 6.92 Å². The monoisotopic (exact) mass is 373 g/mol. The molecular weight excluding hydrogens is 354 g/mol. The van der Waals surface area contributed by atoms with Gasteiger partial charge >= 0.3 is 5.97 Å². The Hall–Kier alpha value is -2.64. The standard InChI is InChI=1S/C19H19NO5S/c1-4-11-10(2)26-18(15(11)19(22)23)20-17(21)16-13(9-24-3)12-7-5-6-8-14(12)25-16/h5-8H,4,9H2,1-3H3,(H,20,21)(H,22,23). The zero-order chi connectivity index (χ0) is 18.8. The van der Waals surface area contributed by atoms with Crippen LogP contribution < -0.4 is 5.32 Å². The maximum absolute atomic E-state index is 12.8. The summed E-state index contributed by atoms with van der Waals surface area (Å²) >= 11 is 1.26. The first-order valence-corrected chi connectivity index (χ1v) is 8.95. The number of carbonyl (C=O) groups is 2. The molecule has 0 saturated carbocycles. The molecule has 2 aromatic heterocycles. The van der Waals surface area contributed by atoms with Crippen LogP contribution in [0.25, 0.3) is 11.0 Å². The van der Waals surface area contributed by atoms with E-state index in [1.54, 1.807) is 13.2 Å². The molecule has 0 atom stereocenters. The van der Waals surface area contributed by atoms with Gasteiger partial charge < -0.3 is 19.6 Å². The Morgan fingerprint density at radius 2 is 2.00 bits per heavy atom. The highest BCUT2D eigenvalue weighted by Gasteiger charge is 2.25. The van der Waals surface area contributed by atoms with Crippen LogP contribution in [0.1, 0.15) is 43.8 Å². The third-order valence-corrected chi connectivity index (χ3v) is 5.26. The van der Waals surface area contributed by atoms with Crippen molar-refractivity contribution in [3.63, 3.8) is 0 Å². The first-order valence-electron chi connectivity index (χ1n) is 8.14. The number of aromatic carboxylic acids is 1. The van der Waals surface area contributed by atoms with Gasteiger partial charge in [-0.2, -0.15) is 0 Å². The molecule has 0 aliphatic rings. The number of nitrogens with one attached hydrogen (secondary N) is 1. The molecule has 0 bridgehead atoms. The van der Waals surface area contributed by atoms with E-state index in [4.69, 9.17) is 9.15 Å². The highest BCUT2D eigenvalue weighted by Crippen LogP contribution is 2.34. The SMILES string of the molecule is CCc1c(C)sc(NC(=O)c2oc3ccccc3c2COC)c1C(=O)O. The molecule has 3 aromatic rings. The molecule has 0 unspecified atom stereocenters. The van der Waals surface area contributed by atoms with Crippen LogP contribution in [0.5, 0.6) is 0 Å². The number of anilines is 1. The van der Waals surface area contributed by atoms with E-state index in [-0.39, 0.29) is 17.9 Å². The number of methoxy groups -OCH3 is 1. The van der Waals surface area contributed by atoms with Crippen LogP contribution in [0.15, 0.2) is 28.7 Å². The van der Waals surface area contributed by atoms with Gasteiger partial charge in [-0.3, -0.25) is 4.79 Å². The zero-order valence-corrected chi connectivity index (χ0v) is 15.5. The van der Waals surface area contributed by atoms with E-state index in [2.05, 4.69) is 5.32 Å². The largest absolute Gasteiger partial charge is 0.478 e. The van der Waals surface area contributed by atoms with Gasteiger partial charge in [-0.15, -0.1) is 11.3 Å². The Morgan fingerprint density at radius 3 is 2.65 bits per heavy atom. The number of furan rings is 1. The summed E-state index contributed by atoms with van der Waals surface area (Å²) in [6.07, 6.45) is 0.583. The quantitative estimate of drug-likeness (QED) is 0.666. The van der Waals surface area contributed by atoms with E-state index < -0.39 is 11.9 Å². The molecule has 3 rings (SSSR count). The number of rotatable bonds is 6. The zero-order valence-electron chi connectivity index (χ0n) is 14.7. The number of thiophene rings is 1. The first-order chi connectivity index (χ1) is 12.5. The van der Waals surface area contributed by atoms with Crippen LogP contribution >= 0.6 is 11.3 Å². The van der Waals surface area contributed by atoms with Crippen LogP contribution in [-0.4, -0.2) is 24.1 Å². The molecular formula is C19H19NO5S. The second kappa shape index (κ2) is 7.31. The molecule has 7 heteroatoms. The van der Waals surface area contributed by atoms with Crippen molar-refractivity contribution in [3.8, 4) is 0 Å². The van der Waals surface area contributed by atoms with Gasteiger partial charge in [0.15, 0.2) is 5.76 Å². The second-order valence-corrected chi connectivity index (χ2v) is 7.02. The lowest BCUT2D eigenvalue weighted by atomic mass is 10.1. The van der Waals surface area contributed by atoms with Crippen molar-refractivity contribution >= 4 is 39.2 Å². The fourth-order valence-corrected chi connectivity index (χ4v) is 4.18. The Labute approximate surface area is 154 Å². The van der Waals surface area contributed by atoms with Gasteiger partial charge in [-0.1, -0.05) is 25.1 Å². The van der Waals surface area contributed by atoms with Crippen molar-refractivity contribution in [3.05, 3.63) is 51.6 Å². The summed E-state index contributed by atoms with van der Waals surface area (Å²) in [4.78, 5) is 25.3. The summed E-state index contributed by atoms with van der Waals surface area (Å²) in [7, 11) is 1.54. The third kappa shape index (κ3) is 3.11. The highest BCUT2D eigenvalue weighted by molar-refractivity contribution is 7.16. The average Bonchev–Trinajstić information content (AvgIpc) is 3.13. The molecule has 2 heterocycles. The normalized spacial score (nSPS) is 11.0.